The number of fused-ring (bicyclic) bond motifs is 1. The fourth-order valence-electron chi connectivity index (χ4n) is 1.77. The number of halogens is 1. The molecule has 0 unspecified atom stereocenters. The largest absolute Gasteiger partial charge is 0.320 e. The molecule has 3 aromatic heterocycles. The van der Waals surface area contributed by atoms with Gasteiger partial charge < -0.3 is 5.32 Å². The van der Waals surface area contributed by atoms with Gasteiger partial charge in [0.1, 0.15) is 0 Å². The monoisotopic (exact) mass is 306 g/mol. The van der Waals surface area contributed by atoms with E-state index < -0.39 is 0 Å². The summed E-state index contributed by atoms with van der Waals surface area (Å²) >= 11 is 3.45. The minimum atomic E-state index is 0.554. The molecule has 1 N–H and O–H groups in total. The first-order valence-electron chi connectivity index (χ1n) is 5.41. The Balaban J connectivity index is 2.00. The smallest absolute Gasteiger partial charge is 0.247 e. The Kier molecular flexibility index (Phi) is 2.55. The summed E-state index contributed by atoms with van der Waals surface area (Å²) in [5, 5.41) is 11.8. The Morgan fingerprint density at radius 2 is 2.17 bits per heavy atom. The average Bonchev–Trinajstić information content (AvgIpc) is 2.84. The van der Waals surface area contributed by atoms with Crippen LogP contribution in [0.1, 0.15) is 5.69 Å². The first kappa shape index (κ1) is 11.2. The SMILES string of the molecule is Cc1nn(C)cc1Nc1nc2c(Br)cccn2n1. The first-order chi connectivity index (χ1) is 8.63. The molecule has 3 rings (SSSR count). The third-order valence-electron chi connectivity index (χ3n) is 2.57. The zero-order chi connectivity index (χ0) is 12.7. The van der Waals surface area contributed by atoms with Gasteiger partial charge in [0.05, 0.1) is 15.9 Å². The molecule has 6 nitrogen and oxygen atoms in total. The second-order valence-electron chi connectivity index (χ2n) is 3.99. The van der Waals surface area contributed by atoms with Gasteiger partial charge in [-0.1, -0.05) is 0 Å². The van der Waals surface area contributed by atoms with E-state index in [1.807, 2.05) is 38.5 Å². The van der Waals surface area contributed by atoms with E-state index in [9.17, 15) is 0 Å². The second-order valence-corrected chi connectivity index (χ2v) is 4.84. The summed E-state index contributed by atoms with van der Waals surface area (Å²) in [6.07, 6.45) is 3.75. The van der Waals surface area contributed by atoms with Crippen molar-refractivity contribution in [3.63, 3.8) is 0 Å². The number of hydrogen-bond donors (Lipinski definition) is 1. The highest BCUT2D eigenvalue weighted by atomic mass is 79.9. The lowest BCUT2D eigenvalue weighted by molar-refractivity contribution is 0.756. The Labute approximate surface area is 112 Å². The van der Waals surface area contributed by atoms with Gasteiger partial charge in [-0.05, 0) is 35.0 Å². The van der Waals surface area contributed by atoms with Crippen molar-refractivity contribution >= 4 is 33.2 Å². The summed E-state index contributed by atoms with van der Waals surface area (Å²) in [6.45, 7) is 1.94. The van der Waals surface area contributed by atoms with Gasteiger partial charge in [-0.15, -0.1) is 5.10 Å². The molecule has 0 aliphatic rings. The molecular formula is C11H11BrN6. The number of pyridine rings is 1. The van der Waals surface area contributed by atoms with E-state index in [-0.39, 0.29) is 0 Å². The molecule has 3 aromatic rings. The predicted molar refractivity (Wildman–Crippen MR) is 71.9 cm³/mol. The Hall–Kier alpha value is -1.89. The number of aromatic nitrogens is 5. The summed E-state index contributed by atoms with van der Waals surface area (Å²) in [7, 11) is 1.88. The zero-order valence-corrected chi connectivity index (χ0v) is 11.5. The second kappa shape index (κ2) is 4.09. The molecule has 7 heteroatoms. The molecule has 0 atom stereocenters. The van der Waals surface area contributed by atoms with E-state index in [4.69, 9.17) is 0 Å². The van der Waals surface area contributed by atoms with Crippen LogP contribution in [-0.4, -0.2) is 24.4 Å². The van der Waals surface area contributed by atoms with Crippen molar-refractivity contribution in [2.45, 2.75) is 6.92 Å². The Bertz CT molecular complexity index is 713. The summed E-state index contributed by atoms with van der Waals surface area (Å²) in [5.41, 5.74) is 2.60. The maximum atomic E-state index is 4.41. The van der Waals surface area contributed by atoms with Crippen LogP contribution in [0.4, 0.5) is 11.6 Å². The minimum Gasteiger partial charge on any atom is -0.320 e. The van der Waals surface area contributed by atoms with Crippen LogP contribution in [0.15, 0.2) is 29.0 Å². The molecule has 0 aliphatic heterocycles. The Morgan fingerprint density at radius 3 is 2.83 bits per heavy atom. The lowest BCUT2D eigenvalue weighted by Gasteiger charge is -1.96. The predicted octanol–water partition coefficient (Wildman–Crippen LogP) is 2.28. The first-order valence-corrected chi connectivity index (χ1v) is 6.21. The van der Waals surface area contributed by atoms with Gasteiger partial charge in [-0.2, -0.15) is 10.1 Å². The fraction of sp³-hybridized carbons (Fsp3) is 0.182. The van der Waals surface area contributed by atoms with Gasteiger partial charge in [-0.3, -0.25) is 4.68 Å². The van der Waals surface area contributed by atoms with E-state index in [1.165, 1.54) is 0 Å². The molecule has 0 aromatic carbocycles. The van der Waals surface area contributed by atoms with Gasteiger partial charge in [0.2, 0.25) is 5.95 Å². The lowest BCUT2D eigenvalue weighted by atomic mass is 10.4. The number of rotatable bonds is 2. The van der Waals surface area contributed by atoms with Crippen LogP contribution >= 0.6 is 15.9 Å². The molecular weight excluding hydrogens is 296 g/mol. The van der Waals surface area contributed by atoms with E-state index in [2.05, 4.69) is 36.4 Å². The van der Waals surface area contributed by atoms with Crippen LogP contribution < -0.4 is 5.32 Å². The summed E-state index contributed by atoms with van der Waals surface area (Å²) in [5.74, 6) is 0.554. The van der Waals surface area contributed by atoms with E-state index in [0.717, 1.165) is 21.5 Å². The molecule has 92 valence electrons. The standard InChI is InChI=1S/C11H11BrN6/c1-7-9(6-17(2)15-7)13-11-14-10-8(12)4-3-5-18(10)16-11/h3-6H,1-2H3,(H,13,16). The molecule has 3 heterocycles. The van der Waals surface area contributed by atoms with Crippen LogP contribution in [-0.2, 0) is 7.05 Å². The van der Waals surface area contributed by atoms with Crippen LogP contribution in [0.5, 0.6) is 0 Å². The van der Waals surface area contributed by atoms with Gasteiger partial charge in [0, 0.05) is 19.4 Å². The van der Waals surface area contributed by atoms with Crippen LogP contribution in [0.2, 0.25) is 0 Å². The van der Waals surface area contributed by atoms with Crippen molar-refractivity contribution in [1.82, 2.24) is 24.4 Å². The van der Waals surface area contributed by atoms with Gasteiger partial charge in [0.15, 0.2) is 5.65 Å². The van der Waals surface area contributed by atoms with Gasteiger partial charge >= 0.3 is 0 Å². The fourth-order valence-corrected chi connectivity index (χ4v) is 2.19. The van der Waals surface area contributed by atoms with Crippen molar-refractivity contribution in [3.05, 3.63) is 34.7 Å². The number of anilines is 2. The molecule has 0 amide bonds. The number of hydrogen-bond acceptors (Lipinski definition) is 4. The lowest BCUT2D eigenvalue weighted by Crippen LogP contribution is -1.93. The Morgan fingerprint density at radius 1 is 1.33 bits per heavy atom. The van der Waals surface area contributed by atoms with Gasteiger partial charge in [0.25, 0.3) is 0 Å². The number of nitrogens with one attached hydrogen (secondary N) is 1. The molecule has 0 fully saturated rings. The maximum Gasteiger partial charge on any atom is 0.247 e. The molecule has 0 radical (unpaired) electrons. The summed E-state index contributed by atoms with van der Waals surface area (Å²) < 4.78 is 4.38. The van der Waals surface area contributed by atoms with Crippen LogP contribution in [0.3, 0.4) is 0 Å². The van der Waals surface area contributed by atoms with Crippen molar-refractivity contribution in [2.24, 2.45) is 7.05 Å². The summed E-state index contributed by atoms with van der Waals surface area (Å²) in [4.78, 5) is 4.41. The highest BCUT2D eigenvalue weighted by molar-refractivity contribution is 9.10. The molecule has 0 spiro atoms. The quantitative estimate of drug-likeness (QED) is 0.789. The van der Waals surface area contributed by atoms with Crippen molar-refractivity contribution in [1.29, 1.82) is 0 Å². The molecule has 0 aliphatic carbocycles. The third kappa shape index (κ3) is 1.86. The van der Waals surface area contributed by atoms with Crippen molar-refractivity contribution in [3.8, 4) is 0 Å². The molecule has 18 heavy (non-hydrogen) atoms. The zero-order valence-electron chi connectivity index (χ0n) is 9.92. The van der Waals surface area contributed by atoms with Crippen LogP contribution in [0, 0.1) is 6.92 Å². The topological polar surface area (TPSA) is 60.0 Å². The molecule has 0 bridgehead atoms. The van der Waals surface area contributed by atoms with Crippen molar-refractivity contribution in [2.75, 3.05) is 5.32 Å². The molecule has 0 saturated heterocycles. The van der Waals surface area contributed by atoms with Gasteiger partial charge in [-0.25, -0.2) is 4.52 Å². The number of aryl methyl sites for hydroxylation is 2. The average molecular weight is 307 g/mol. The normalized spacial score (nSPS) is 11.1. The summed E-state index contributed by atoms with van der Waals surface area (Å²) in [6, 6.07) is 3.84. The van der Waals surface area contributed by atoms with E-state index in [0.29, 0.717) is 5.95 Å². The van der Waals surface area contributed by atoms with Crippen molar-refractivity contribution < 1.29 is 0 Å². The number of nitrogens with zero attached hydrogens (tertiary/aromatic N) is 5. The van der Waals surface area contributed by atoms with E-state index >= 15 is 0 Å². The van der Waals surface area contributed by atoms with E-state index in [1.54, 1.807) is 9.20 Å². The highest BCUT2D eigenvalue weighted by Gasteiger charge is 2.09. The molecule has 0 saturated carbocycles. The third-order valence-corrected chi connectivity index (χ3v) is 3.19. The minimum absolute atomic E-state index is 0.554. The maximum absolute atomic E-state index is 4.41. The highest BCUT2D eigenvalue weighted by Crippen LogP contribution is 2.20. The van der Waals surface area contributed by atoms with Crippen LogP contribution in [0.25, 0.3) is 5.65 Å².